The summed E-state index contributed by atoms with van der Waals surface area (Å²) in [6, 6.07) is 5.25. The van der Waals surface area contributed by atoms with Crippen LogP contribution in [0.2, 0.25) is 0 Å². The molecule has 0 aliphatic heterocycles. The number of aromatic amines is 1. The van der Waals surface area contributed by atoms with Crippen molar-refractivity contribution >= 4 is 0 Å². The van der Waals surface area contributed by atoms with E-state index in [4.69, 9.17) is 0 Å². The Hall–Kier alpha value is -2.04. The summed E-state index contributed by atoms with van der Waals surface area (Å²) in [4.78, 5) is 13.5. The summed E-state index contributed by atoms with van der Waals surface area (Å²) in [5.41, 5.74) is -0.0516. The number of benzene rings is 1. The molecule has 0 spiro atoms. The van der Waals surface area contributed by atoms with Gasteiger partial charge in [-0.1, -0.05) is 0 Å². The minimum Gasteiger partial charge on any atom is -0.493 e. The number of rotatable bonds is 1. The molecular weight excluding hydrogens is 187 g/mol. The second-order valence-electron chi connectivity index (χ2n) is 2.76. The van der Waals surface area contributed by atoms with Crippen molar-refractivity contribution in [3.63, 3.8) is 0 Å². The first-order valence-electron chi connectivity index (χ1n) is 3.94. The Balaban J connectivity index is 2.60. The molecule has 2 aromatic rings. The maximum atomic E-state index is 12.6. The summed E-state index contributed by atoms with van der Waals surface area (Å²) in [6.45, 7) is 0. The minimum atomic E-state index is -0.464. The molecule has 2 rings (SSSR count). The average molecular weight is 194 g/mol. The van der Waals surface area contributed by atoms with Crippen LogP contribution in [0.5, 0.6) is 5.88 Å². The fourth-order valence-corrected chi connectivity index (χ4v) is 1.20. The van der Waals surface area contributed by atoms with Gasteiger partial charge in [0.2, 0.25) is 5.88 Å². The largest absolute Gasteiger partial charge is 0.493 e. The molecule has 2 N–H and O–H groups in total. The summed E-state index contributed by atoms with van der Waals surface area (Å²) in [5.74, 6) is -0.599. The normalized spacial score (nSPS) is 10.4. The first kappa shape index (κ1) is 8.55. The van der Waals surface area contributed by atoms with Crippen LogP contribution in [0.15, 0.2) is 35.3 Å². The van der Waals surface area contributed by atoms with Crippen molar-refractivity contribution in [2.75, 3.05) is 0 Å². The van der Waals surface area contributed by atoms with Crippen molar-refractivity contribution in [1.29, 1.82) is 0 Å². The number of imidazole rings is 1. The van der Waals surface area contributed by atoms with Crippen molar-refractivity contribution in [1.82, 2.24) is 9.55 Å². The van der Waals surface area contributed by atoms with E-state index in [0.29, 0.717) is 5.69 Å². The van der Waals surface area contributed by atoms with Crippen LogP contribution in [0.1, 0.15) is 0 Å². The van der Waals surface area contributed by atoms with E-state index in [1.54, 1.807) is 0 Å². The van der Waals surface area contributed by atoms with E-state index in [9.17, 15) is 14.3 Å². The molecule has 0 aliphatic rings. The monoisotopic (exact) mass is 194 g/mol. The molecular formula is C9H7FN2O2. The van der Waals surface area contributed by atoms with Crippen LogP contribution < -0.4 is 5.69 Å². The Morgan fingerprint density at radius 1 is 1.29 bits per heavy atom. The van der Waals surface area contributed by atoms with Gasteiger partial charge < -0.3 is 10.1 Å². The Kier molecular flexibility index (Phi) is 1.85. The van der Waals surface area contributed by atoms with Gasteiger partial charge in [-0.05, 0) is 24.3 Å². The van der Waals surface area contributed by atoms with Gasteiger partial charge in [0.25, 0.3) is 0 Å². The van der Waals surface area contributed by atoms with E-state index in [0.717, 1.165) is 4.57 Å². The third kappa shape index (κ3) is 1.28. The Morgan fingerprint density at radius 3 is 2.43 bits per heavy atom. The molecule has 0 radical (unpaired) electrons. The van der Waals surface area contributed by atoms with Crippen LogP contribution in [0.3, 0.4) is 0 Å². The van der Waals surface area contributed by atoms with Gasteiger partial charge in [0.1, 0.15) is 5.82 Å². The lowest BCUT2D eigenvalue weighted by atomic mass is 10.3. The van der Waals surface area contributed by atoms with Crippen molar-refractivity contribution < 1.29 is 9.50 Å². The van der Waals surface area contributed by atoms with Crippen LogP contribution in [-0.2, 0) is 0 Å². The van der Waals surface area contributed by atoms with Gasteiger partial charge in [0.05, 0.1) is 11.9 Å². The molecule has 5 heteroatoms. The molecule has 0 amide bonds. The van der Waals surface area contributed by atoms with Gasteiger partial charge in [-0.2, -0.15) is 0 Å². The zero-order chi connectivity index (χ0) is 10.1. The van der Waals surface area contributed by atoms with Gasteiger partial charge in [0.15, 0.2) is 0 Å². The molecule has 0 unspecified atom stereocenters. The standard InChI is InChI=1S/C9H7FN2O2/c10-6-1-3-7(4-2-6)12-8(13)5-11-9(12)14/h1-5,13H,(H,11,14). The van der Waals surface area contributed by atoms with E-state index >= 15 is 0 Å². The van der Waals surface area contributed by atoms with Crippen LogP contribution in [0.25, 0.3) is 5.69 Å². The summed E-state index contributed by atoms with van der Waals surface area (Å²) >= 11 is 0. The second kappa shape index (κ2) is 3.02. The molecule has 0 atom stereocenters. The summed E-state index contributed by atoms with van der Waals surface area (Å²) in [5, 5.41) is 9.29. The molecule has 14 heavy (non-hydrogen) atoms. The molecule has 0 bridgehead atoms. The van der Waals surface area contributed by atoms with Crippen LogP contribution in [-0.4, -0.2) is 14.7 Å². The number of aromatic hydroxyl groups is 1. The van der Waals surface area contributed by atoms with E-state index in [2.05, 4.69) is 4.98 Å². The van der Waals surface area contributed by atoms with Crippen LogP contribution in [0.4, 0.5) is 4.39 Å². The number of H-pyrrole nitrogens is 1. The van der Waals surface area contributed by atoms with Crippen LogP contribution in [0, 0.1) is 5.82 Å². The molecule has 0 saturated carbocycles. The fourth-order valence-electron chi connectivity index (χ4n) is 1.20. The Labute approximate surface area is 78.2 Å². The predicted molar refractivity (Wildman–Crippen MR) is 48.0 cm³/mol. The average Bonchev–Trinajstić information content (AvgIpc) is 2.49. The number of halogens is 1. The SMILES string of the molecule is O=c1[nH]cc(O)n1-c1ccc(F)cc1. The molecule has 72 valence electrons. The number of aromatic nitrogens is 2. The lowest BCUT2D eigenvalue weighted by Gasteiger charge is -2.01. The minimum absolute atomic E-state index is 0.207. The lowest BCUT2D eigenvalue weighted by molar-refractivity contribution is 0.441. The van der Waals surface area contributed by atoms with Crippen molar-refractivity contribution in [3.05, 3.63) is 46.8 Å². The maximum absolute atomic E-state index is 12.6. The smallest absolute Gasteiger partial charge is 0.333 e. The molecule has 0 saturated heterocycles. The number of hydrogen-bond donors (Lipinski definition) is 2. The van der Waals surface area contributed by atoms with Crippen molar-refractivity contribution in [3.8, 4) is 11.6 Å². The van der Waals surface area contributed by atoms with Gasteiger partial charge in [-0.3, -0.25) is 0 Å². The van der Waals surface area contributed by atoms with Crippen LogP contribution >= 0.6 is 0 Å². The Bertz CT molecular complexity index is 498. The summed E-state index contributed by atoms with van der Waals surface area (Å²) in [7, 11) is 0. The lowest BCUT2D eigenvalue weighted by Crippen LogP contribution is -2.14. The van der Waals surface area contributed by atoms with Crippen molar-refractivity contribution in [2.45, 2.75) is 0 Å². The number of hydrogen-bond acceptors (Lipinski definition) is 2. The molecule has 1 aromatic heterocycles. The van der Waals surface area contributed by atoms with E-state index in [1.807, 2.05) is 0 Å². The predicted octanol–water partition coefficient (Wildman–Crippen LogP) is 1.01. The maximum Gasteiger partial charge on any atom is 0.333 e. The van der Waals surface area contributed by atoms with Gasteiger partial charge in [-0.25, -0.2) is 13.8 Å². The van der Waals surface area contributed by atoms with Gasteiger partial charge in [0, 0.05) is 0 Å². The highest BCUT2D eigenvalue weighted by Gasteiger charge is 2.06. The highest BCUT2D eigenvalue weighted by molar-refractivity contribution is 5.35. The highest BCUT2D eigenvalue weighted by Crippen LogP contribution is 2.12. The molecule has 0 fully saturated rings. The van der Waals surface area contributed by atoms with E-state index in [-0.39, 0.29) is 5.88 Å². The Morgan fingerprint density at radius 2 is 1.93 bits per heavy atom. The zero-order valence-corrected chi connectivity index (χ0v) is 7.07. The van der Waals surface area contributed by atoms with Gasteiger partial charge >= 0.3 is 5.69 Å². The summed E-state index contributed by atoms with van der Waals surface area (Å²) < 4.78 is 13.6. The first-order valence-corrected chi connectivity index (χ1v) is 3.94. The highest BCUT2D eigenvalue weighted by atomic mass is 19.1. The van der Waals surface area contributed by atoms with E-state index < -0.39 is 11.5 Å². The van der Waals surface area contributed by atoms with E-state index in [1.165, 1.54) is 30.5 Å². The molecule has 1 heterocycles. The van der Waals surface area contributed by atoms with Crippen molar-refractivity contribution in [2.24, 2.45) is 0 Å². The second-order valence-corrected chi connectivity index (χ2v) is 2.76. The zero-order valence-electron chi connectivity index (χ0n) is 7.07. The topological polar surface area (TPSA) is 58.0 Å². The fraction of sp³-hybridized carbons (Fsp3) is 0. The third-order valence-corrected chi connectivity index (χ3v) is 1.84. The molecule has 1 aromatic carbocycles. The first-order chi connectivity index (χ1) is 6.68. The third-order valence-electron chi connectivity index (χ3n) is 1.84. The quantitative estimate of drug-likeness (QED) is 0.711. The molecule has 0 aliphatic carbocycles. The number of nitrogens with one attached hydrogen (secondary N) is 1. The molecule has 4 nitrogen and oxygen atoms in total. The summed E-state index contributed by atoms with van der Waals surface area (Å²) in [6.07, 6.45) is 1.17. The van der Waals surface area contributed by atoms with Gasteiger partial charge in [-0.15, -0.1) is 0 Å². The number of nitrogens with zero attached hydrogens (tertiary/aromatic N) is 1.